The highest BCUT2D eigenvalue weighted by molar-refractivity contribution is 7.90. The topological polar surface area (TPSA) is 175 Å². The summed E-state index contributed by atoms with van der Waals surface area (Å²) in [7, 11) is -3.39. The summed E-state index contributed by atoms with van der Waals surface area (Å²) in [5, 5.41) is 8.86. The van der Waals surface area contributed by atoms with Crippen LogP contribution in [0.2, 0.25) is 0 Å². The van der Waals surface area contributed by atoms with Crippen LogP contribution in [0.5, 0.6) is 11.2 Å². The highest BCUT2D eigenvalue weighted by atomic mass is 32.2. The van der Waals surface area contributed by atoms with E-state index in [0.29, 0.717) is 5.69 Å². The van der Waals surface area contributed by atoms with Crippen LogP contribution in [0.4, 0.5) is 16.2 Å². The van der Waals surface area contributed by atoms with Crippen molar-refractivity contribution < 1.29 is 22.5 Å². The first kappa shape index (κ1) is 20.3. The first-order chi connectivity index (χ1) is 14.9. The summed E-state index contributed by atoms with van der Waals surface area (Å²) in [6.07, 6.45) is 4.90. The number of rotatable bonds is 6. The molecule has 3 heterocycles. The molecule has 0 fully saturated rings. The molecule has 0 unspecified atom stereocenters. The van der Waals surface area contributed by atoms with Crippen molar-refractivity contribution in [2.24, 2.45) is 0 Å². The molecule has 158 valence electrons. The molecule has 0 atom stereocenters. The van der Waals surface area contributed by atoms with Gasteiger partial charge in [-0.2, -0.15) is 14.3 Å². The third-order valence-electron chi connectivity index (χ3n) is 3.55. The Bertz CT molecular complexity index is 1310. The van der Waals surface area contributed by atoms with Crippen LogP contribution in [0.3, 0.4) is 0 Å². The SMILES string of the molecule is CS(=O)(=O)c1cccc(NC(=O)Nc2cnc(Oc3nc(-c4ncon4)ns3)nc2)c1. The fourth-order valence-corrected chi connectivity index (χ4v) is 3.41. The summed E-state index contributed by atoms with van der Waals surface area (Å²) in [5.74, 6) is 0.461. The van der Waals surface area contributed by atoms with Gasteiger partial charge in [0.1, 0.15) is 0 Å². The van der Waals surface area contributed by atoms with Gasteiger partial charge in [-0.05, 0) is 18.2 Å². The predicted molar refractivity (Wildman–Crippen MR) is 108 cm³/mol. The van der Waals surface area contributed by atoms with E-state index in [-0.39, 0.29) is 33.4 Å². The number of hydrogen-bond donors (Lipinski definition) is 2. The van der Waals surface area contributed by atoms with Crippen LogP contribution in [-0.4, -0.2) is 50.2 Å². The minimum absolute atomic E-state index is 0.0115. The van der Waals surface area contributed by atoms with Crippen LogP contribution in [0, 0.1) is 0 Å². The average Bonchev–Trinajstić information content (AvgIpc) is 3.41. The normalized spacial score (nSPS) is 11.1. The van der Waals surface area contributed by atoms with Gasteiger partial charge < -0.3 is 19.9 Å². The summed E-state index contributed by atoms with van der Waals surface area (Å²) in [5.41, 5.74) is 0.601. The number of ether oxygens (including phenoxy) is 1. The van der Waals surface area contributed by atoms with Crippen LogP contribution >= 0.6 is 11.5 Å². The van der Waals surface area contributed by atoms with E-state index in [1.807, 2.05) is 0 Å². The van der Waals surface area contributed by atoms with E-state index in [0.717, 1.165) is 24.2 Å². The lowest BCUT2D eigenvalue weighted by Crippen LogP contribution is -2.19. The highest BCUT2D eigenvalue weighted by Crippen LogP contribution is 2.24. The number of carbonyl (C=O) groups is 1. The molecule has 0 bridgehead atoms. The molecule has 0 aliphatic carbocycles. The smallest absolute Gasteiger partial charge is 0.323 e. The maximum absolute atomic E-state index is 12.1. The van der Waals surface area contributed by atoms with E-state index in [1.54, 1.807) is 6.07 Å². The summed E-state index contributed by atoms with van der Waals surface area (Å²) in [4.78, 5) is 28.1. The lowest BCUT2D eigenvalue weighted by Gasteiger charge is -2.08. The van der Waals surface area contributed by atoms with Crippen molar-refractivity contribution in [3.63, 3.8) is 0 Å². The van der Waals surface area contributed by atoms with Gasteiger partial charge in [-0.25, -0.2) is 23.2 Å². The Morgan fingerprint density at radius 3 is 2.58 bits per heavy atom. The van der Waals surface area contributed by atoms with Gasteiger partial charge in [0.05, 0.1) is 23.0 Å². The summed E-state index contributed by atoms with van der Waals surface area (Å²) in [6, 6.07) is 5.27. The molecule has 31 heavy (non-hydrogen) atoms. The Morgan fingerprint density at radius 2 is 1.87 bits per heavy atom. The highest BCUT2D eigenvalue weighted by Gasteiger charge is 2.13. The third-order valence-corrected chi connectivity index (χ3v) is 5.26. The molecule has 13 nitrogen and oxygen atoms in total. The van der Waals surface area contributed by atoms with Gasteiger partial charge in [0.2, 0.25) is 18.0 Å². The van der Waals surface area contributed by atoms with Gasteiger partial charge >= 0.3 is 17.2 Å². The molecule has 4 aromatic rings. The second-order valence-electron chi connectivity index (χ2n) is 5.87. The van der Waals surface area contributed by atoms with Crippen molar-refractivity contribution >= 4 is 38.8 Å². The number of aromatic nitrogens is 6. The molecule has 3 aromatic heterocycles. The largest absolute Gasteiger partial charge is 0.394 e. The van der Waals surface area contributed by atoms with Gasteiger partial charge in [0, 0.05) is 23.5 Å². The third kappa shape index (κ3) is 5.14. The second-order valence-corrected chi connectivity index (χ2v) is 8.60. The molecular formula is C16H12N8O5S2. The molecule has 4 rings (SSSR count). The Hall–Kier alpha value is -3.98. The molecule has 15 heteroatoms. The predicted octanol–water partition coefficient (Wildman–Crippen LogP) is 2.22. The maximum atomic E-state index is 12.1. The molecule has 0 aliphatic heterocycles. The number of anilines is 2. The van der Waals surface area contributed by atoms with E-state index in [9.17, 15) is 13.2 Å². The first-order valence-corrected chi connectivity index (χ1v) is 11.0. The number of sulfone groups is 1. The van der Waals surface area contributed by atoms with Crippen molar-refractivity contribution in [1.82, 2.24) is 29.5 Å². The van der Waals surface area contributed by atoms with Gasteiger partial charge in [-0.1, -0.05) is 11.2 Å². The fraction of sp³-hybridized carbons (Fsp3) is 0.0625. The summed E-state index contributed by atoms with van der Waals surface area (Å²) < 4.78 is 37.3. The Kier molecular flexibility index (Phi) is 5.50. The first-order valence-electron chi connectivity index (χ1n) is 8.35. The van der Waals surface area contributed by atoms with Gasteiger partial charge in [-0.15, -0.1) is 0 Å². The van der Waals surface area contributed by atoms with Crippen LogP contribution in [0.25, 0.3) is 11.6 Å². The number of nitrogens with zero attached hydrogens (tertiary/aromatic N) is 6. The molecule has 0 radical (unpaired) electrons. The quantitative estimate of drug-likeness (QED) is 0.431. The van der Waals surface area contributed by atoms with Crippen molar-refractivity contribution in [2.75, 3.05) is 16.9 Å². The molecule has 0 aliphatic rings. The number of amides is 2. The van der Waals surface area contributed by atoms with Crippen molar-refractivity contribution in [3.05, 3.63) is 43.1 Å². The van der Waals surface area contributed by atoms with Crippen molar-refractivity contribution in [1.29, 1.82) is 0 Å². The van der Waals surface area contributed by atoms with Gasteiger partial charge in [0.15, 0.2) is 9.84 Å². The number of nitrogens with one attached hydrogen (secondary N) is 2. The average molecular weight is 460 g/mol. The maximum Gasteiger partial charge on any atom is 0.323 e. The standard InChI is InChI=1S/C16H12N8O5S2/c1-31(26,27)11-4-2-3-9(5-11)20-14(25)21-10-6-17-15(18-7-10)29-16-22-13(24-30-16)12-19-8-28-23-12/h2-8H,1H3,(H2,20,21,25). The Morgan fingerprint density at radius 1 is 1.10 bits per heavy atom. The zero-order valence-corrected chi connectivity index (χ0v) is 17.2. The zero-order valence-electron chi connectivity index (χ0n) is 15.6. The number of carbonyl (C=O) groups excluding carboxylic acids is 1. The van der Waals surface area contributed by atoms with Crippen molar-refractivity contribution in [3.8, 4) is 22.9 Å². The monoisotopic (exact) mass is 460 g/mol. The van der Waals surface area contributed by atoms with Gasteiger partial charge in [0.25, 0.3) is 0 Å². The summed E-state index contributed by atoms with van der Waals surface area (Å²) >= 11 is 0.954. The Labute approximate surface area is 178 Å². The van der Waals surface area contributed by atoms with Crippen molar-refractivity contribution in [2.45, 2.75) is 4.90 Å². The molecular weight excluding hydrogens is 448 g/mol. The van der Waals surface area contributed by atoms with Crippen LogP contribution < -0.4 is 15.4 Å². The minimum Gasteiger partial charge on any atom is -0.394 e. The summed E-state index contributed by atoms with van der Waals surface area (Å²) in [6.45, 7) is 0. The molecule has 2 N–H and O–H groups in total. The van der Waals surface area contributed by atoms with Gasteiger partial charge in [-0.3, -0.25) is 0 Å². The lowest BCUT2D eigenvalue weighted by atomic mass is 10.3. The molecule has 0 spiro atoms. The zero-order chi connectivity index (χ0) is 21.8. The second kappa shape index (κ2) is 8.41. The number of urea groups is 1. The van der Waals surface area contributed by atoms with Crippen LogP contribution in [-0.2, 0) is 9.84 Å². The van der Waals surface area contributed by atoms with Crippen LogP contribution in [0.15, 0.2) is 52.5 Å². The molecule has 1 aromatic carbocycles. The van der Waals surface area contributed by atoms with Crippen LogP contribution in [0.1, 0.15) is 0 Å². The lowest BCUT2D eigenvalue weighted by molar-refractivity contribution is 0.262. The minimum atomic E-state index is -3.39. The molecule has 0 saturated carbocycles. The fourth-order valence-electron chi connectivity index (χ4n) is 2.22. The number of hydrogen-bond acceptors (Lipinski definition) is 12. The Balaban J connectivity index is 1.36. The van der Waals surface area contributed by atoms with E-state index in [2.05, 4.69) is 44.6 Å². The van der Waals surface area contributed by atoms with E-state index >= 15 is 0 Å². The molecule has 2 amide bonds. The van der Waals surface area contributed by atoms with E-state index in [4.69, 9.17) is 4.74 Å². The van der Waals surface area contributed by atoms with E-state index < -0.39 is 15.9 Å². The molecule has 0 saturated heterocycles. The van der Waals surface area contributed by atoms with E-state index in [1.165, 1.54) is 30.6 Å². The number of benzene rings is 1.